The van der Waals surface area contributed by atoms with Crippen LogP contribution in [0.5, 0.6) is 0 Å². The summed E-state index contributed by atoms with van der Waals surface area (Å²) in [5.41, 5.74) is 1.17. The van der Waals surface area contributed by atoms with Gasteiger partial charge in [-0.3, -0.25) is 4.68 Å². The molecule has 0 spiro atoms. The molecule has 5 nitrogen and oxygen atoms in total. The molecule has 1 fully saturated rings. The molecule has 1 unspecified atom stereocenters. The molecule has 1 aliphatic heterocycles. The van der Waals surface area contributed by atoms with Crippen LogP contribution in [-0.4, -0.2) is 35.6 Å². The molecule has 0 bridgehead atoms. The second-order valence-electron chi connectivity index (χ2n) is 5.18. The minimum absolute atomic E-state index is 0.383. The Balaban J connectivity index is 1.68. The number of hydrogen-bond acceptors (Lipinski definition) is 4. The number of hydrogen-bond donors (Lipinski definition) is 0. The Labute approximate surface area is 122 Å². The van der Waals surface area contributed by atoms with E-state index in [0.29, 0.717) is 23.2 Å². The molecule has 2 aromatic heterocycles. The summed E-state index contributed by atoms with van der Waals surface area (Å²) >= 11 is 1.28. The van der Waals surface area contributed by atoms with Crippen LogP contribution in [0, 0.1) is 5.92 Å². The van der Waals surface area contributed by atoms with Gasteiger partial charge in [-0.2, -0.15) is 9.40 Å². The van der Waals surface area contributed by atoms with E-state index < -0.39 is 10.0 Å². The van der Waals surface area contributed by atoms with Gasteiger partial charge in [0.05, 0.1) is 6.20 Å². The monoisotopic (exact) mass is 311 g/mol. The Kier molecular flexibility index (Phi) is 3.66. The van der Waals surface area contributed by atoms with Crippen molar-refractivity contribution in [3.63, 3.8) is 0 Å². The molecule has 0 radical (unpaired) electrons. The maximum Gasteiger partial charge on any atom is 0.252 e. The third kappa shape index (κ3) is 2.65. The highest BCUT2D eigenvalue weighted by molar-refractivity contribution is 7.91. The van der Waals surface area contributed by atoms with Crippen LogP contribution >= 0.6 is 11.3 Å². The average molecular weight is 311 g/mol. The lowest BCUT2D eigenvalue weighted by molar-refractivity contribution is 0.457. The van der Waals surface area contributed by atoms with Gasteiger partial charge in [0.1, 0.15) is 4.21 Å². The number of sulfonamides is 1. The summed E-state index contributed by atoms with van der Waals surface area (Å²) in [4.78, 5) is 0. The van der Waals surface area contributed by atoms with Gasteiger partial charge in [-0.05, 0) is 35.8 Å². The molecule has 0 aromatic carbocycles. The smallest absolute Gasteiger partial charge is 0.252 e. The molecule has 3 rings (SSSR count). The Bertz CT molecular complexity index is 676. The number of thiophene rings is 1. The molecule has 108 valence electrons. The van der Waals surface area contributed by atoms with Gasteiger partial charge in [0.25, 0.3) is 10.0 Å². The predicted octanol–water partition coefficient (Wildman–Crippen LogP) is 1.73. The fourth-order valence-electron chi connectivity index (χ4n) is 2.63. The summed E-state index contributed by atoms with van der Waals surface area (Å²) in [6.45, 7) is 1.22. The average Bonchev–Trinajstić information content (AvgIpc) is 3.11. The van der Waals surface area contributed by atoms with Crippen LogP contribution in [0.25, 0.3) is 0 Å². The van der Waals surface area contributed by atoms with Crippen molar-refractivity contribution in [3.8, 4) is 0 Å². The molecular formula is C13H17N3O2S2. The van der Waals surface area contributed by atoms with E-state index in [1.54, 1.807) is 26.5 Å². The third-order valence-electron chi connectivity index (χ3n) is 3.62. The molecule has 0 amide bonds. The van der Waals surface area contributed by atoms with Gasteiger partial charge in [0.15, 0.2) is 0 Å². The molecule has 0 aliphatic carbocycles. The predicted molar refractivity (Wildman–Crippen MR) is 78.1 cm³/mol. The van der Waals surface area contributed by atoms with Gasteiger partial charge >= 0.3 is 0 Å². The summed E-state index contributed by atoms with van der Waals surface area (Å²) in [7, 11) is -1.39. The van der Waals surface area contributed by atoms with Crippen molar-refractivity contribution in [3.05, 3.63) is 35.5 Å². The van der Waals surface area contributed by atoms with Crippen molar-refractivity contribution >= 4 is 21.4 Å². The Morgan fingerprint density at radius 3 is 3.00 bits per heavy atom. The highest BCUT2D eigenvalue weighted by Gasteiger charge is 2.33. The topological polar surface area (TPSA) is 55.2 Å². The summed E-state index contributed by atoms with van der Waals surface area (Å²) in [5, 5.41) is 5.96. The van der Waals surface area contributed by atoms with Crippen LogP contribution in [-0.2, 0) is 23.5 Å². The maximum atomic E-state index is 12.4. The van der Waals surface area contributed by atoms with Crippen LogP contribution < -0.4 is 0 Å². The lowest BCUT2D eigenvalue weighted by Gasteiger charge is -2.15. The van der Waals surface area contributed by atoms with E-state index in [1.165, 1.54) is 16.9 Å². The molecule has 1 aliphatic rings. The standard InChI is InChI=1S/C13H17N3O2S2/c1-15-9-12(8-14-15)7-11-4-5-16(10-11)20(17,18)13-3-2-6-19-13/h2-3,6,8-9,11H,4-5,7,10H2,1H3. The molecule has 0 N–H and O–H groups in total. The molecule has 20 heavy (non-hydrogen) atoms. The van der Waals surface area contributed by atoms with Gasteiger partial charge in [-0.25, -0.2) is 8.42 Å². The van der Waals surface area contributed by atoms with E-state index in [2.05, 4.69) is 5.10 Å². The van der Waals surface area contributed by atoms with Crippen molar-refractivity contribution in [1.82, 2.24) is 14.1 Å². The first kappa shape index (κ1) is 13.8. The van der Waals surface area contributed by atoms with Crippen LogP contribution in [0.2, 0.25) is 0 Å². The van der Waals surface area contributed by atoms with E-state index in [4.69, 9.17) is 0 Å². The van der Waals surface area contributed by atoms with Gasteiger partial charge in [0, 0.05) is 26.3 Å². The molecule has 1 saturated heterocycles. The Morgan fingerprint density at radius 1 is 1.50 bits per heavy atom. The van der Waals surface area contributed by atoms with Crippen molar-refractivity contribution in [1.29, 1.82) is 0 Å². The molecule has 2 aromatic rings. The lowest BCUT2D eigenvalue weighted by Crippen LogP contribution is -2.28. The minimum atomic E-state index is -3.28. The first-order valence-electron chi connectivity index (χ1n) is 6.57. The van der Waals surface area contributed by atoms with Crippen LogP contribution in [0.4, 0.5) is 0 Å². The summed E-state index contributed by atoms with van der Waals surface area (Å²) in [5.74, 6) is 0.383. The van der Waals surface area contributed by atoms with Crippen LogP contribution in [0.15, 0.2) is 34.1 Å². The van der Waals surface area contributed by atoms with Crippen molar-refractivity contribution < 1.29 is 8.42 Å². The van der Waals surface area contributed by atoms with E-state index >= 15 is 0 Å². The van der Waals surface area contributed by atoms with E-state index in [0.717, 1.165) is 12.8 Å². The van der Waals surface area contributed by atoms with Gasteiger partial charge in [-0.1, -0.05) is 6.07 Å². The zero-order chi connectivity index (χ0) is 14.2. The fourth-order valence-corrected chi connectivity index (χ4v) is 5.31. The summed E-state index contributed by atoms with van der Waals surface area (Å²) < 4.78 is 28.7. The maximum absolute atomic E-state index is 12.4. The molecular weight excluding hydrogens is 294 g/mol. The first-order valence-corrected chi connectivity index (χ1v) is 8.89. The van der Waals surface area contributed by atoms with E-state index in [9.17, 15) is 8.42 Å². The molecule has 3 heterocycles. The van der Waals surface area contributed by atoms with E-state index in [1.807, 2.05) is 19.4 Å². The zero-order valence-corrected chi connectivity index (χ0v) is 12.9. The van der Waals surface area contributed by atoms with Gasteiger partial charge in [-0.15, -0.1) is 11.3 Å². The number of aromatic nitrogens is 2. The van der Waals surface area contributed by atoms with Crippen molar-refractivity contribution in [2.45, 2.75) is 17.1 Å². The number of rotatable bonds is 4. The first-order chi connectivity index (χ1) is 9.55. The number of nitrogens with zero attached hydrogens (tertiary/aromatic N) is 3. The van der Waals surface area contributed by atoms with E-state index in [-0.39, 0.29) is 0 Å². The Morgan fingerprint density at radius 2 is 2.35 bits per heavy atom. The highest BCUT2D eigenvalue weighted by atomic mass is 32.2. The normalized spacial score (nSPS) is 20.6. The van der Waals surface area contributed by atoms with Gasteiger partial charge < -0.3 is 0 Å². The molecule has 7 heteroatoms. The molecule has 0 saturated carbocycles. The highest BCUT2D eigenvalue weighted by Crippen LogP contribution is 2.28. The number of aryl methyl sites for hydroxylation is 1. The second-order valence-corrected chi connectivity index (χ2v) is 8.29. The quantitative estimate of drug-likeness (QED) is 0.864. The SMILES string of the molecule is Cn1cc(CC2CCN(S(=O)(=O)c3cccs3)C2)cn1. The third-order valence-corrected chi connectivity index (χ3v) is 6.86. The zero-order valence-electron chi connectivity index (χ0n) is 11.3. The summed E-state index contributed by atoms with van der Waals surface area (Å²) in [6, 6.07) is 3.45. The molecule has 1 atom stereocenters. The van der Waals surface area contributed by atoms with Crippen LogP contribution in [0.1, 0.15) is 12.0 Å². The lowest BCUT2D eigenvalue weighted by atomic mass is 10.0. The van der Waals surface area contributed by atoms with Crippen molar-refractivity contribution in [2.75, 3.05) is 13.1 Å². The minimum Gasteiger partial charge on any atom is -0.276 e. The fraction of sp³-hybridized carbons (Fsp3) is 0.462. The Hall–Kier alpha value is -1.18. The second kappa shape index (κ2) is 5.31. The summed E-state index contributed by atoms with van der Waals surface area (Å²) in [6.07, 6.45) is 5.66. The largest absolute Gasteiger partial charge is 0.276 e. The van der Waals surface area contributed by atoms with Gasteiger partial charge in [0.2, 0.25) is 0 Å². The van der Waals surface area contributed by atoms with Crippen molar-refractivity contribution in [2.24, 2.45) is 13.0 Å². The van der Waals surface area contributed by atoms with Crippen LogP contribution in [0.3, 0.4) is 0 Å².